The molecule has 2 rings (SSSR count). The highest BCUT2D eigenvalue weighted by molar-refractivity contribution is 7.99. The van der Waals surface area contributed by atoms with Gasteiger partial charge in [-0.15, -0.1) is 0 Å². The summed E-state index contributed by atoms with van der Waals surface area (Å²) >= 11 is 1.92. The minimum absolute atomic E-state index is 0.0666. The summed E-state index contributed by atoms with van der Waals surface area (Å²) in [5.41, 5.74) is 0.835. The topological polar surface area (TPSA) is 64.4 Å². The molecule has 1 N–H and O–H groups in total. The highest BCUT2D eigenvalue weighted by Crippen LogP contribution is 2.28. The van der Waals surface area contributed by atoms with Crippen molar-refractivity contribution in [3.8, 4) is 5.75 Å². The Labute approximate surface area is 116 Å². The monoisotopic (exact) mass is 282 g/mol. The summed E-state index contributed by atoms with van der Waals surface area (Å²) in [6, 6.07) is 5.25. The summed E-state index contributed by atoms with van der Waals surface area (Å²) < 4.78 is 5.38. The Hall–Kier alpha value is -1.43. The van der Waals surface area contributed by atoms with Crippen molar-refractivity contribution in [2.45, 2.75) is 25.8 Å². The molecule has 0 radical (unpaired) electrons. The maximum absolute atomic E-state index is 10.9. The fourth-order valence-electron chi connectivity index (χ4n) is 2.11. The fraction of sp³-hybridized carbons (Fsp3) is 0.538. The molecule has 19 heavy (non-hydrogen) atoms. The van der Waals surface area contributed by atoms with Crippen LogP contribution in [0.5, 0.6) is 5.75 Å². The first-order valence-corrected chi connectivity index (χ1v) is 7.61. The molecule has 6 heteroatoms. The van der Waals surface area contributed by atoms with Gasteiger partial charge in [-0.05, 0) is 25.5 Å². The van der Waals surface area contributed by atoms with E-state index in [0.29, 0.717) is 18.4 Å². The minimum atomic E-state index is -0.386. The van der Waals surface area contributed by atoms with Gasteiger partial charge in [0.1, 0.15) is 5.75 Å². The van der Waals surface area contributed by atoms with Crippen LogP contribution < -0.4 is 10.1 Å². The van der Waals surface area contributed by atoms with Crippen LogP contribution in [0.3, 0.4) is 0 Å². The summed E-state index contributed by atoms with van der Waals surface area (Å²) in [5, 5.41) is 14.3. The van der Waals surface area contributed by atoms with Crippen LogP contribution >= 0.6 is 11.8 Å². The number of thioether (sulfide) groups is 1. The number of nitrogens with zero attached hydrogens (tertiary/aromatic N) is 1. The van der Waals surface area contributed by atoms with Crippen molar-refractivity contribution in [3.63, 3.8) is 0 Å². The number of nitro benzene ring substituents is 1. The molecule has 1 saturated heterocycles. The van der Waals surface area contributed by atoms with E-state index in [1.54, 1.807) is 6.07 Å². The van der Waals surface area contributed by atoms with E-state index >= 15 is 0 Å². The van der Waals surface area contributed by atoms with Crippen LogP contribution in [0, 0.1) is 10.1 Å². The van der Waals surface area contributed by atoms with Crippen molar-refractivity contribution in [1.82, 2.24) is 0 Å². The van der Waals surface area contributed by atoms with Crippen molar-refractivity contribution >= 4 is 23.1 Å². The van der Waals surface area contributed by atoms with Crippen LogP contribution in [0.2, 0.25) is 0 Å². The second kappa shape index (κ2) is 6.65. The summed E-state index contributed by atoms with van der Waals surface area (Å²) in [4.78, 5) is 10.5. The zero-order valence-electron chi connectivity index (χ0n) is 10.9. The van der Waals surface area contributed by atoms with Gasteiger partial charge in [0.15, 0.2) is 0 Å². The summed E-state index contributed by atoms with van der Waals surface area (Å²) in [5.74, 6) is 2.80. The number of hydrogen-bond donors (Lipinski definition) is 1. The van der Waals surface area contributed by atoms with Crippen LogP contribution in [-0.2, 0) is 0 Å². The average molecular weight is 282 g/mol. The van der Waals surface area contributed by atoms with Crippen LogP contribution in [0.1, 0.15) is 19.8 Å². The van der Waals surface area contributed by atoms with Gasteiger partial charge >= 0.3 is 0 Å². The molecule has 0 spiro atoms. The maximum Gasteiger partial charge on any atom is 0.275 e. The Bertz CT molecular complexity index is 448. The average Bonchev–Trinajstić information content (AvgIpc) is 2.40. The molecule has 104 valence electrons. The van der Waals surface area contributed by atoms with Crippen LogP contribution in [-0.4, -0.2) is 29.1 Å². The van der Waals surface area contributed by atoms with E-state index in [-0.39, 0.29) is 10.6 Å². The SMILES string of the molecule is CCOc1cc(NC2CCCSC2)cc([N+](=O)[O-])c1. The van der Waals surface area contributed by atoms with Crippen molar-refractivity contribution in [2.24, 2.45) is 0 Å². The molecule has 0 aliphatic carbocycles. The van der Waals surface area contributed by atoms with Crippen molar-refractivity contribution in [3.05, 3.63) is 28.3 Å². The van der Waals surface area contributed by atoms with Crippen LogP contribution in [0.15, 0.2) is 18.2 Å². The number of rotatable bonds is 5. The second-order valence-electron chi connectivity index (χ2n) is 4.46. The molecule has 1 fully saturated rings. The van der Waals surface area contributed by atoms with Gasteiger partial charge < -0.3 is 10.1 Å². The number of nitro groups is 1. The minimum Gasteiger partial charge on any atom is -0.494 e. The first kappa shape index (κ1) is 14.0. The van der Waals surface area contributed by atoms with Crippen LogP contribution in [0.4, 0.5) is 11.4 Å². The summed E-state index contributed by atoms with van der Waals surface area (Å²) in [7, 11) is 0. The first-order chi connectivity index (χ1) is 9.19. The standard InChI is InChI=1S/C13H18N2O3S/c1-2-18-13-7-11(6-12(8-13)15(16)17)14-10-4-3-5-19-9-10/h6-8,10,14H,2-5,9H2,1H3. The Morgan fingerprint density at radius 1 is 1.53 bits per heavy atom. The molecule has 1 aromatic rings. The van der Waals surface area contributed by atoms with Crippen LogP contribution in [0.25, 0.3) is 0 Å². The third kappa shape index (κ3) is 4.02. The van der Waals surface area contributed by atoms with E-state index in [1.807, 2.05) is 24.8 Å². The molecule has 1 aliphatic heterocycles. The van der Waals surface area contributed by atoms with E-state index in [1.165, 1.54) is 18.2 Å². The van der Waals surface area contributed by atoms with E-state index in [2.05, 4.69) is 5.32 Å². The highest BCUT2D eigenvalue weighted by atomic mass is 32.2. The molecule has 5 nitrogen and oxygen atoms in total. The maximum atomic E-state index is 10.9. The van der Waals surface area contributed by atoms with E-state index < -0.39 is 0 Å². The molecule has 0 aromatic heterocycles. The lowest BCUT2D eigenvalue weighted by Gasteiger charge is -2.23. The predicted molar refractivity (Wildman–Crippen MR) is 78.2 cm³/mol. The zero-order valence-corrected chi connectivity index (χ0v) is 11.7. The molecule has 0 amide bonds. The highest BCUT2D eigenvalue weighted by Gasteiger charge is 2.16. The lowest BCUT2D eigenvalue weighted by Crippen LogP contribution is -2.25. The van der Waals surface area contributed by atoms with Gasteiger partial charge in [-0.25, -0.2) is 0 Å². The van der Waals surface area contributed by atoms with E-state index in [9.17, 15) is 10.1 Å². The van der Waals surface area contributed by atoms with Gasteiger partial charge in [0.05, 0.1) is 17.6 Å². The smallest absolute Gasteiger partial charge is 0.275 e. The van der Waals surface area contributed by atoms with E-state index in [4.69, 9.17) is 4.74 Å². The summed E-state index contributed by atoms with van der Waals surface area (Å²) in [6.07, 6.45) is 2.30. The third-order valence-corrected chi connectivity index (χ3v) is 4.16. The van der Waals surface area contributed by atoms with Gasteiger partial charge in [-0.2, -0.15) is 11.8 Å². The van der Waals surface area contributed by atoms with Gasteiger partial charge in [-0.1, -0.05) is 0 Å². The van der Waals surface area contributed by atoms with E-state index in [0.717, 1.165) is 17.9 Å². The Kier molecular flexibility index (Phi) is 4.90. The lowest BCUT2D eigenvalue weighted by molar-refractivity contribution is -0.384. The van der Waals surface area contributed by atoms with Gasteiger partial charge in [0, 0.05) is 29.6 Å². The second-order valence-corrected chi connectivity index (χ2v) is 5.61. The fourth-order valence-corrected chi connectivity index (χ4v) is 3.18. The normalized spacial score (nSPS) is 18.9. The van der Waals surface area contributed by atoms with Crippen molar-refractivity contribution in [1.29, 1.82) is 0 Å². The molecule has 1 aromatic carbocycles. The molecule has 0 saturated carbocycles. The molecule has 1 heterocycles. The summed E-state index contributed by atoms with van der Waals surface area (Å²) in [6.45, 7) is 2.36. The Morgan fingerprint density at radius 2 is 2.37 bits per heavy atom. The Balaban J connectivity index is 2.15. The lowest BCUT2D eigenvalue weighted by atomic mass is 10.1. The molecule has 0 bridgehead atoms. The quantitative estimate of drug-likeness (QED) is 0.663. The molecular formula is C13H18N2O3S. The number of hydrogen-bond acceptors (Lipinski definition) is 5. The van der Waals surface area contributed by atoms with Gasteiger partial charge in [-0.3, -0.25) is 10.1 Å². The first-order valence-electron chi connectivity index (χ1n) is 6.45. The molecule has 1 atom stereocenters. The number of benzene rings is 1. The Morgan fingerprint density at radius 3 is 3.00 bits per heavy atom. The third-order valence-electron chi connectivity index (χ3n) is 2.94. The van der Waals surface area contributed by atoms with Gasteiger partial charge in [0.2, 0.25) is 0 Å². The number of nitrogens with one attached hydrogen (secondary N) is 1. The largest absolute Gasteiger partial charge is 0.494 e. The van der Waals surface area contributed by atoms with Crippen molar-refractivity contribution in [2.75, 3.05) is 23.4 Å². The zero-order chi connectivity index (χ0) is 13.7. The van der Waals surface area contributed by atoms with Gasteiger partial charge in [0.25, 0.3) is 5.69 Å². The molecular weight excluding hydrogens is 264 g/mol. The molecule has 1 aliphatic rings. The number of ether oxygens (including phenoxy) is 1. The number of anilines is 1. The van der Waals surface area contributed by atoms with Crippen molar-refractivity contribution < 1.29 is 9.66 Å². The predicted octanol–water partition coefficient (Wildman–Crippen LogP) is 3.30. The molecule has 1 unspecified atom stereocenters. The number of non-ortho nitro benzene ring substituents is 1.